The predicted octanol–water partition coefficient (Wildman–Crippen LogP) is 4.40. The average molecular weight is 435 g/mol. The van der Waals surface area contributed by atoms with E-state index in [1.54, 1.807) is 21.8 Å². The molecule has 1 aliphatic heterocycles. The van der Waals surface area contributed by atoms with Crippen molar-refractivity contribution >= 4 is 22.9 Å². The molecule has 1 atom stereocenters. The van der Waals surface area contributed by atoms with Crippen molar-refractivity contribution < 1.29 is 14.3 Å². The zero-order valence-corrected chi connectivity index (χ0v) is 19.2. The fourth-order valence-electron chi connectivity index (χ4n) is 4.15. The number of rotatable bonds is 5. The van der Waals surface area contributed by atoms with Crippen LogP contribution in [0.2, 0.25) is 0 Å². The summed E-state index contributed by atoms with van der Waals surface area (Å²) in [7, 11) is 0. The number of aryl methyl sites for hydroxylation is 1. The van der Waals surface area contributed by atoms with Crippen molar-refractivity contribution in [2.75, 3.05) is 19.7 Å². The lowest BCUT2D eigenvalue weighted by molar-refractivity contribution is -0.136. The molecule has 1 amide bonds. The molecule has 3 heterocycles. The summed E-state index contributed by atoms with van der Waals surface area (Å²) in [5, 5.41) is 5.06. The van der Waals surface area contributed by atoms with Crippen LogP contribution in [0.15, 0.2) is 36.5 Å². The minimum Gasteiger partial charge on any atom is -0.452 e. The molecular weight excluding hydrogens is 404 g/mol. The molecule has 0 N–H and O–H groups in total. The van der Waals surface area contributed by atoms with Gasteiger partial charge in [0.15, 0.2) is 12.3 Å². The third-order valence-electron chi connectivity index (χ3n) is 5.96. The number of fused-ring (bicyclic) bond motifs is 1. The number of amides is 1. The predicted molar refractivity (Wildman–Crippen MR) is 123 cm³/mol. The Kier molecular flexibility index (Phi) is 6.26. The van der Waals surface area contributed by atoms with Gasteiger partial charge in [0, 0.05) is 24.7 Å². The van der Waals surface area contributed by atoms with Crippen LogP contribution in [0.3, 0.4) is 0 Å². The van der Waals surface area contributed by atoms with Crippen molar-refractivity contribution in [1.29, 1.82) is 0 Å². The van der Waals surface area contributed by atoms with E-state index in [-0.39, 0.29) is 18.6 Å². The Bertz CT molecular complexity index is 1130. The number of ether oxygens (including phenoxy) is 1. The molecule has 1 fully saturated rings. The maximum Gasteiger partial charge on any atom is 0.339 e. The third kappa shape index (κ3) is 4.52. The molecule has 3 aromatic rings. The van der Waals surface area contributed by atoms with Gasteiger partial charge in [-0.05, 0) is 45.6 Å². The Labute approximate surface area is 188 Å². The number of piperidine rings is 1. The zero-order chi connectivity index (χ0) is 22.8. The second-order valence-corrected chi connectivity index (χ2v) is 9.00. The lowest BCUT2D eigenvalue weighted by Gasteiger charge is -2.30. The molecule has 7 heteroatoms. The van der Waals surface area contributed by atoms with Gasteiger partial charge in [-0.3, -0.25) is 4.79 Å². The number of nitrogens with zero attached hydrogens (tertiary/aromatic N) is 4. The summed E-state index contributed by atoms with van der Waals surface area (Å²) >= 11 is 0. The summed E-state index contributed by atoms with van der Waals surface area (Å²) in [5.74, 6) is -0.207. The standard InChI is InChI=1S/C25H30N4O3/c1-16(2)29-24-21(13-26-29)20(12-22(27-24)19-9-7-17(3)8-10-19)25(31)32-15-23(30)28-11-5-6-18(4)14-28/h7-10,12-13,16,18H,5-6,11,14-15H2,1-4H3. The zero-order valence-electron chi connectivity index (χ0n) is 19.2. The molecule has 168 valence electrons. The minimum atomic E-state index is -0.535. The van der Waals surface area contributed by atoms with E-state index in [1.807, 2.05) is 45.0 Å². The van der Waals surface area contributed by atoms with Crippen molar-refractivity contribution in [2.45, 2.75) is 46.6 Å². The number of hydrogen-bond acceptors (Lipinski definition) is 5. The van der Waals surface area contributed by atoms with Crippen LogP contribution in [0.1, 0.15) is 55.6 Å². The highest BCUT2D eigenvalue weighted by Crippen LogP contribution is 2.27. The second-order valence-electron chi connectivity index (χ2n) is 9.00. The van der Waals surface area contributed by atoms with Gasteiger partial charge in [-0.2, -0.15) is 5.10 Å². The van der Waals surface area contributed by atoms with Crippen LogP contribution < -0.4 is 0 Å². The first-order valence-corrected chi connectivity index (χ1v) is 11.2. The summed E-state index contributed by atoms with van der Waals surface area (Å²) in [6.45, 7) is 9.38. The average Bonchev–Trinajstić information content (AvgIpc) is 3.21. The van der Waals surface area contributed by atoms with Crippen molar-refractivity contribution in [1.82, 2.24) is 19.7 Å². The van der Waals surface area contributed by atoms with Gasteiger partial charge in [-0.1, -0.05) is 36.8 Å². The first kappa shape index (κ1) is 22.0. The number of esters is 1. The Morgan fingerprint density at radius 3 is 2.66 bits per heavy atom. The highest BCUT2D eigenvalue weighted by atomic mass is 16.5. The smallest absolute Gasteiger partial charge is 0.339 e. The van der Waals surface area contributed by atoms with Gasteiger partial charge in [0.2, 0.25) is 0 Å². The van der Waals surface area contributed by atoms with Gasteiger partial charge < -0.3 is 9.64 Å². The van der Waals surface area contributed by atoms with Crippen LogP contribution in [-0.4, -0.2) is 51.2 Å². The summed E-state index contributed by atoms with van der Waals surface area (Å²) in [6.07, 6.45) is 3.76. The minimum absolute atomic E-state index is 0.0832. The third-order valence-corrected chi connectivity index (χ3v) is 5.96. The lowest BCUT2D eigenvalue weighted by atomic mass is 10.0. The summed E-state index contributed by atoms with van der Waals surface area (Å²) in [4.78, 5) is 32.2. The molecule has 0 spiro atoms. The van der Waals surface area contributed by atoms with Gasteiger partial charge >= 0.3 is 5.97 Å². The summed E-state index contributed by atoms with van der Waals surface area (Å²) in [6, 6.07) is 9.80. The van der Waals surface area contributed by atoms with Crippen LogP contribution in [0.25, 0.3) is 22.3 Å². The molecule has 4 rings (SSSR count). The molecule has 1 saturated heterocycles. The molecule has 0 aliphatic carbocycles. The normalized spacial score (nSPS) is 16.5. The van der Waals surface area contributed by atoms with E-state index in [1.165, 1.54) is 0 Å². The second kappa shape index (κ2) is 9.10. The van der Waals surface area contributed by atoms with Gasteiger partial charge in [-0.25, -0.2) is 14.5 Å². The van der Waals surface area contributed by atoms with Crippen molar-refractivity contribution in [2.24, 2.45) is 5.92 Å². The molecule has 1 unspecified atom stereocenters. The monoisotopic (exact) mass is 434 g/mol. The fourth-order valence-corrected chi connectivity index (χ4v) is 4.15. The number of benzene rings is 1. The van der Waals surface area contributed by atoms with Gasteiger partial charge in [0.05, 0.1) is 22.8 Å². The Balaban J connectivity index is 1.63. The number of pyridine rings is 1. The number of hydrogen-bond donors (Lipinski definition) is 0. The first-order valence-electron chi connectivity index (χ1n) is 11.2. The Hall–Kier alpha value is -3.22. The van der Waals surface area contributed by atoms with E-state index in [0.29, 0.717) is 34.8 Å². The molecule has 7 nitrogen and oxygen atoms in total. The topological polar surface area (TPSA) is 77.3 Å². The highest BCUT2D eigenvalue weighted by molar-refractivity contribution is 6.04. The largest absolute Gasteiger partial charge is 0.452 e. The maximum absolute atomic E-state index is 13.1. The van der Waals surface area contributed by atoms with Crippen LogP contribution in [0.5, 0.6) is 0 Å². The molecule has 0 bridgehead atoms. The van der Waals surface area contributed by atoms with Gasteiger partial charge in [0.1, 0.15) is 0 Å². The number of carbonyl (C=O) groups is 2. The van der Waals surface area contributed by atoms with Crippen molar-refractivity contribution in [3.05, 3.63) is 47.7 Å². The van der Waals surface area contributed by atoms with E-state index in [9.17, 15) is 9.59 Å². The van der Waals surface area contributed by atoms with E-state index in [4.69, 9.17) is 9.72 Å². The Morgan fingerprint density at radius 2 is 1.97 bits per heavy atom. The number of likely N-dealkylation sites (tertiary alicyclic amines) is 1. The number of aromatic nitrogens is 3. The van der Waals surface area contributed by atoms with Gasteiger partial charge in [-0.15, -0.1) is 0 Å². The van der Waals surface area contributed by atoms with Gasteiger partial charge in [0.25, 0.3) is 5.91 Å². The van der Waals surface area contributed by atoms with Crippen LogP contribution >= 0.6 is 0 Å². The van der Waals surface area contributed by atoms with E-state index in [0.717, 1.165) is 30.5 Å². The Morgan fingerprint density at radius 1 is 1.22 bits per heavy atom. The maximum atomic E-state index is 13.1. The quantitative estimate of drug-likeness (QED) is 0.556. The summed E-state index contributed by atoms with van der Waals surface area (Å²) in [5.41, 5.74) is 3.72. The van der Waals surface area contributed by atoms with E-state index >= 15 is 0 Å². The van der Waals surface area contributed by atoms with E-state index < -0.39 is 5.97 Å². The molecule has 0 radical (unpaired) electrons. The van der Waals surface area contributed by atoms with Crippen LogP contribution in [0.4, 0.5) is 0 Å². The first-order chi connectivity index (χ1) is 15.3. The molecular formula is C25H30N4O3. The lowest BCUT2D eigenvalue weighted by Crippen LogP contribution is -2.41. The van der Waals surface area contributed by atoms with Crippen LogP contribution in [0, 0.1) is 12.8 Å². The van der Waals surface area contributed by atoms with Crippen molar-refractivity contribution in [3.8, 4) is 11.3 Å². The fraction of sp³-hybridized carbons (Fsp3) is 0.440. The highest BCUT2D eigenvalue weighted by Gasteiger charge is 2.24. The molecule has 1 aliphatic rings. The van der Waals surface area contributed by atoms with Crippen LogP contribution in [-0.2, 0) is 9.53 Å². The summed E-state index contributed by atoms with van der Waals surface area (Å²) < 4.78 is 7.27. The molecule has 1 aromatic carbocycles. The molecule has 32 heavy (non-hydrogen) atoms. The molecule has 0 saturated carbocycles. The van der Waals surface area contributed by atoms with Crippen molar-refractivity contribution in [3.63, 3.8) is 0 Å². The number of carbonyl (C=O) groups excluding carboxylic acids is 2. The molecule has 2 aromatic heterocycles. The van der Waals surface area contributed by atoms with E-state index in [2.05, 4.69) is 12.0 Å². The SMILES string of the molecule is Cc1ccc(-c2cc(C(=O)OCC(=O)N3CCCC(C)C3)c3cnn(C(C)C)c3n2)cc1.